The highest BCUT2D eigenvalue weighted by molar-refractivity contribution is 7.99. The third-order valence-electron chi connectivity index (χ3n) is 3.94. The number of fused-ring (bicyclic) bond motifs is 1. The van der Waals surface area contributed by atoms with Crippen LogP contribution >= 0.6 is 23.1 Å². The molecular weight excluding hydrogens is 386 g/mol. The Balaban J connectivity index is 1.88. The fourth-order valence-corrected chi connectivity index (χ4v) is 4.06. The summed E-state index contributed by atoms with van der Waals surface area (Å²) in [5.74, 6) is 0.451. The average Bonchev–Trinajstić information content (AvgIpc) is 2.90. The first-order valence-corrected chi connectivity index (χ1v) is 10.6. The molecule has 0 aliphatic carbocycles. The quantitative estimate of drug-likeness (QED) is 0.648. The molecule has 148 valence electrons. The van der Waals surface area contributed by atoms with Crippen LogP contribution in [0.5, 0.6) is 0 Å². The van der Waals surface area contributed by atoms with E-state index >= 15 is 0 Å². The number of rotatable bonds is 8. The number of ether oxygens (including phenoxy) is 1. The first kappa shape index (κ1) is 21.4. The molecule has 0 bridgehead atoms. The number of nitrogens with one attached hydrogen (secondary N) is 2. The van der Waals surface area contributed by atoms with Crippen LogP contribution in [-0.4, -0.2) is 40.2 Å². The summed E-state index contributed by atoms with van der Waals surface area (Å²) in [6.07, 6.45) is 0. The van der Waals surface area contributed by atoms with E-state index < -0.39 is 11.2 Å². The van der Waals surface area contributed by atoms with Crippen molar-refractivity contribution in [3.8, 4) is 0 Å². The van der Waals surface area contributed by atoms with Crippen molar-refractivity contribution in [2.45, 2.75) is 45.6 Å². The minimum Gasteiger partial charge on any atom is -0.455 e. The average molecular weight is 412 g/mol. The standard InChI is InChI=1S/C18H25N3O4S2/c1-9(2)6-19-14(22)7-25-18(24)12(5)26-8-13-20-16(23)15-10(3)11(4)27-17(15)21-13/h9,12H,6-8H2,1-5H3,(H,19,22)(H,20,21,23)/t12-/m0/s1. The molecule has 27 heavy (non-hydrogen) atoms. The summed E-state index contributed by atoms with van der Waals surface area (Å²) in [5.41, 5.74) is 0.796. The highest BCUT2D eigenvalue weighted by Gasteiger charge is 2.18. The molecule has 1 amide bonds. The Kier molecular flexibility index (Phi) is 7.43. The predicted molar refractivity (Wildman–Crippen MR) is 109 cm³/mol. The number of nitrogens with zero attached hydrogens (tertiary/aromatic N) is 1. The molecule has 0 radical (unpaired) electrons. The van der Waals surface area contributed by atoms with E-state index in [1.54, 1.807) is 6.92 Å². The summed E-state index contributed by atoms with van der Waals surface area (Å²) in [6.45, 7) is 9.81. The van der Waals surface area contributed by atoms with Gasteiger partial charge in [0, 0.05) is 11.4 Å². The molecule has 0 saturated carbocycles. The van der Waals surface area contributed by atoms with E-state index in [1.807, 2.05) is 27.7 Å². The second kappa shape index (κ2) is 9.36. The SMILES string of the molecule is Cc1sc2nc(CS[C@@H](C)C(=O)OCC(=O)NCC(C)C)[nH]c(=O)c2c1C. The van der Waals surface area contributed by atoms with Gasteiger partial charge in [0.15, 0.2) is 6.61 Å². The van der Waals surface area contributed by atoms with Crippen molar-refractivity contribution in [1.82, 2.24) is 15.3 Å². The zero-order valence-electron chi connectivity index (χ0n) is 16.2. The Labute approximate surface area is 166 Å². The van der Waals surface area contributed by atoms with Crippen molar-refractivity contribution >= 4 is 45.2 Å². The largest absolute Gasteiger partial charge is 0.455 e. The third-order valence-corrected chi connectivity index (χ3v) is 6.18. The lowest BCUT2D eigenvalue weighted by Crippen LogP contribution is -2.32. The number of aromatic nitrogens is 2. The van der Waals surface area contributed by atoms with Crippen LogP contribution in [0.4, 0.5) is 0 Å². The minimum absolute atomic E-state index is 0.158. The predicted octanol–water partition coefficient (Wildman–Crippen LogP) is 2.54. The molecule has 0 aliphatic heterocycles. The highest BCUT2D eigenvalue weighted by Crippen LogP contribution is 2.26. The van der Waals surface area contributed by atoms with Gasteiger partial charge < -0.3 is 15.0 Å². The number of H-pyrrole nitrogens is 1. The van der Waals surface area contributed by atoms with Gasteiger partial charge in [0.1, 0.15) is 15.9 Å². The lowest BCUT2D eigenvalue weighted by atomic mass is 10.2. The van der Waals surface area contributed by atoms with Gasteiger partial charge in [0.05, 0.1) is 11.1 Å². The van der Waals surface area contributed by atoms with Crippen molar-refractivity contribution < 1.29 is 14.3 Å². The number of carbonyl (C=O) groups is 2. The molecule has 0 aliphatic rings. The van der Waals surface area contributed by atoms with E-state index in [-0.39, 0.29) is 18.1 Å². The number of amides is 1. The van der Waals surface area contributed by atoms with Crippen LogP contribution in [0.25, 0.3) is 10.2 Å². The van der Waals surface area contributed by atoms with Gasteiger partial charge in [0.25, 0.3) is 11.5 Å². The number of hydrogen-bond acceptors (Lipinski definition) is 7. The van der Waals surface area contributed by atoms with Crippen LogP contribution in [0.1, 0.15) is 37.0 Å². The van der Waals surface area contributed by atoms with Crippen molar-refractivity contribution in [2.75, 3.05) is 13.2 Å². The maximum absolute atomic E-state index is 12.3. The molecule has 0 unspecified atom stereocenters. The number of thioether (sulfide) groups is 1. The summed E-state index contributed by atoms with van der Waals surface area (Å²) in [6, 6.07) is 0. The van der Waals surface area contributed by atoms with Crippen LogP contribution in [0, 0.1) is 19.8 Å². The molecule has 2 rings (SSSR count). The van der Waals surface area contributed by atoms with E-state index in [2.05, 4.69) is 15.3 Å². The Morgan fingerprint density at radius 2 is 2.00 bits per heavy atom. The van der Waals surface area contributed by atoms with Crippen molar-refractivity contribution in [2.24, 2.45) is 5.92 Å². The Hall–Kier alpha value is -1.87. The van der Waals surface area contributed by atoms with Crippen LogP contribution in [0.3, 0.4) is 0 Å². The van der Waals surface area contributed by atoms with Crippen molar-refractivity contribution in [3.05, 3.63) is 26.6 Å². The zero-order chi connectivity index (χ0) is 20.1. The van der Waals surface area contributed by atoms with E-state index in [0.717, 1.165) is 10.4 Å². The monoisotopic (exact) mass is 411 g/mol. The minimum atomic E-state index is -0.476. The molecule has 1 atom stereocenters. The van der Waals surface area contributed by atoms with E-state index in [4.69, 9.17) is 4.74 Å². The van der Waals surface area contributed by atoms with Crippen LogP contribution in [0.15, 0.2) is 4.79 Å². The van der Waals surface area contributed by atoms with Gasteiger partial charge >= 0.3 is 5.97 Å². The molecular formula is C18H25N3O4S2. The fourth-order valence-electron chi connectivity index (χ4n) is 2.26. The number of thiophene rings is 1. The summed E-state index contributed by atoms with van der Waals surface area (Å²) in [4.78, 5) is 44.9. The van der Waals surface area contributed by atoms with E-state index in [0.29, 0.717) is 34.3 Å². The van der Waals surface area contributed by atoms with Crippen molar-refractivity contribution in [3.63, 3.8) is 0 Å². The van der Waals surface area contributed by atoms with Gasteiger partial charge in [-0.3, -0.25) is 14.4 Å². The summed E-state index contributed by atoms with van der Waals surface area (Å²) in [5, 5.41) is 2.85. The van der Waals surface area contributed by atoms with Gasteiger partial charge in [-0.15, -0.1) is 23.1 Å². The molecule has 0 fully saturated rings. The molecule has 2 heterocycles. The molecule has 2 aromatic rings. The third kappa shape index (κ3) is 5.80. The smallest absolute Gasteiger partial charge is 0.319 e. The Morgan fingerprint density at radius 1 is 1.30 bits per heavy atom. The van der Waals surface area contributed by atoms with Crippen LogP contribution < -0.4 is 10.9 Å². The van der Waals surface area contributed by atoms with E-state index in [1.165, 1.54) is 23.1 Å². The van der Waals surface area contributed by atoms with Gasteiger partial charge in [-0.1, -0.05) is 13.8 Å². The van der Waals surface area contributed by atoms with Gasteiger partial charge in [-0.2, -0.15) is 0 Å². The topological polar surface area (TPSA) is 101 Å². The second-order valence-electron chi connectivity index (χ2n) is 6.73. The lowest BCUT2D eigenvalue weighted by molar-refractivity contribution is -0.147. The normalized spacial score (nSPS) is 12.4. The molecule has 0 aromatic carbocycles. The number of hydrogen-bond donors (Lipinski definition) is 2. The fraction of sp³-hybridized carbons (Fsp3) is 0.556. The Morgan fingerprint density at radius 3 is 2.67 bits per heavy atom. The van der Waals surface area contributed by atoms with Crippen LogP contribution in [0.2, 0.25) is 0 Å². The molecule has 2 aromatic heterocycles. The molecule has 9 heteroatoms. The maximum atomic E-state index is 12.3. The molecule has 7 nitrogen and oxygen atoms in total. The molecule has 0 spiro atoms. The zero-order valence-corrected chi connectivity index (χ0v) is 17.8. The second-order valence-corrected chi connectivity index (χ2v) is 9.27. The number of aryl methyl sites for hydroxylation is 2. The Bertz CT molecular complexity index is 889. The summed E-state index contributed by atoms with van der Waals surface area (Å²) < 4.78 is 5.04. The number of esters is 1. The van der Waals surface area contributed by atoms with Gasteiger partial charge in [-0.05, 0) is 32.3 Å². The van der Waals surface area contributed by atoms with Gasteiger partial charge in [0.2, 0.25) is 0 Å². The first-order chi connectivity index (χ1) is 12.7. The number of carbonyl (C=O) groups excluding carboxylic acids is 2. The molecule has 0 saturated heterocycles. The lowest BCUT2D eigenvalue weighted by Gasteiger charge is -2.12. The van der Waals surface area contributed by atoms with E-state index in [9.17, 15) is 14.4 Å². The highest BCUT2D eigenvalue weighted by atomic mass is 32.2. The summed E-state index contributed by atoms with van der Waals surface area (Å²) in [7, 11) is 0. The van der Waals surface area contributed by atoms with Crippen molar-refractivity contribution in [1.29, 1.82) is 0 Å². The number of aromatic amines is 1. The summed E-state index contributed by atoms with van der Waals surface area (Å²) >= 11 is 2.79. The van der Waals surface area contributed by atoms with Crippen LogP contribution in [-0.2, 0) is 20.1 Å². The molecule has 2 N–H and O–H groups in total. The maximum Gasteiger partial charge on any atom is 0.319 e. The first-order valence-electron chi connectivity index (χ1n) is 8.72. The van der Waals surface area contributed by atoms with Gasteiger partial charge in [-0.25, -0.2) is 4.98 Å².